The van der Waals surface area contributed by atoms with Gasteiger partial charge in [0.1, 0.15) is 0 Å². The molecule has 3 aliphatic rings. The monoisotopic (exact) mass is 452 g/mol. The number of likely N-dealkylation sites (tertiary alicyclic amines) is 1. The van der Waals surface area contributed by atoms with Crippen molar-refractivity contribution in [3.8, 4) is 0 Å². The van der Waals surface area contributed by atoms with Gasteiger partial charge in [0.2, 0.25) is 0 Å². The second-order valence-corrected chi connectivity index (χ2v) is 9.63. The number of piperidine rings is 1. The minimum atomic E-state index is 0.119. The van der Waals surface area contributed by atoms with Crippen LogP contribution in [0.3, 0.4) is 0 Å². The molecule has 1 aromatic rings. The Balaban J connectivity index is 1.33. The number of pyridine rings is 1. The van der Waals surface area contributed by atoms with Gasteiger partial charge in [-0.3, -0.25) is 9.78 Å². The van der Waals surface area contributed by atoms with E-state index in [1.807, 2.05) is 24.0 Å². The maximum absolute atomic E-state index is 13.2. The fourth-order valence-electron chi connectivity index (χ4n) is 4.99. The molecule has 2 aliphatic heterocycles. The molecule has 1 saturated heterocycles. The number of aromatic nitrogens is 1. The summed E-state index contributed by atoms with van der Waals surface area (Å²) in [4.78, 5) is 22.3. The molecule has 32 heavy (non-hydrogen) atoms. The lowest BCUT2D eigenvalue weighted by Crippen LogP contribution is -2.44. The first-order valence-corrected chi connectivity index (χ1v) is 12.6. The summed E-state index contributed by atoms with van der Waals surface area (Å²) in [6.45, 7) is 6.24. The zero-order chi connectivity index (χ0) is 22.3. The summed E-state index contributed by atoms with van der Waals surface area (Å²) >= 11 is 5.68. The van der Waals surface area contributed by atoms with Crippen LogP contribution in [0.5, 0.6) is 0 Å². The number of carbonyl (C=O) groups is 1. The van der Waals surface area contributed by atoms with Crippen LogP contribution in [-0.4, -0.2) is 58.5 Å². The molecule has 0 saturated carbocycles. The van der Waals surface area contributed by atoms with Gasteiger partial charge in [-0.05, 0) is 82.6 Å². The molecule has 6 heteroatoms. The van der Waals surface area contributed by atoms with Gasteiger partial charge < -0.3 is 15.1 Å². The first-order chi connectivity index (χ1) is 15.6. The number of allylic oxidation sites excluding steroid dienone is 1. The SMILES string of the molecule is Cc1ccc(C(=O)N2CC=CCC2)c(C2CCN(C(=S)NCCC3=CCCCC3)CC2)n1. The third-order valence-corrected chi connectivity index (χ3v) is 7.32. The summed E-state index contributed by atoms with van der Waals surface area (Å²) in [6.07, 6.45) is 15.8. The second-order valence-electron chi connectivity index (χ2n) is 9.25. The summed E-state index contributed by atoms with van der Waals surface area (Å²) in [5, 5.41) is 4.34. The van der Waals surface area contributed by atoms with Crippen LogP contribution in [0.2, 0.25) is 0 Å². The molecule has 1 fully saturated rings. The Morgan fingerprint density at radius 1 is 1.12 bits per heavy atom. The predicted octanol–water partition coefficient (Wildman–Crippen LogP) is 4.74. The Labute approximate surface area is 198 Å². The van der Waals surface area contributed by atoms with Crippen molar-refractivity contribution in [3.05, 3.63) is 52.9 Å². The molecule has 3 heterocycles. The number of amides is 1. The molecule has 1 aromatic heterocycles. The van der Waals surface area contributed by atoms with Gasteiger partial charge in [-0.25, -0.2) is 0 Å². The predicted molar refractivity (Wildman–Crippen MR) is 134 cm³/mol. The number of thiocarbonyl (C=S) groups is 1. The van der Waals surface area contributed by atoms with Gasteiger partial charge in [0, 0.05) is 44.3 Å². The minimum Gasteiger partial charge on any atom is -0.362 e. The maximum atomic E-state index is 13.2. The highest BCUT2D eigenvalue weighted by Crippen LogP contribution is 2.30. The van der Waals surface area contributed by atoms with Crippen molar-refractivity contribution in [2.45, 2.75) is 64.2 Å². The van der Waals surface area contributed by atoms with E-state index in [0.717, 1.165) is 73.9 Å². The van der Waals surface area contributed by atoms with Gasteiger partial charge >= 0.3 is 0 Å². The molecular weight excluding hydrogens is 416 g/mol. The van der Waals surface area contributed by atoms with Crippen LogP contribution in [0.25, 0.3) is 0 Å². The van der Waals surface area contributed by atoms with Crippen LogP contribution in [-0.2, 0) is 0 Å². The minimum absolute atomic E-state index is 0.119. The van der Waals surface area contributed by atoms with Crippen molar-refractivity contribution in [2.75, 3.05) is 32.7 Å². The van der Waals surface area contributed by atoms with Crippen molar-refractivity contribution in [1.82, 2.24) is 20.1 Å². The van der Waals surface area contributed by atoms with Crippen molar-refractivity contribution in [2.24, 2.45) is 0 Å². The molecule has 0 atom stereocenters. The summed E-state index contributed by atoms with van der Waals surface area (Å²) in [7, 11) is 0. The van der Waals surface area contributed by atoms with Crippen molar-refractivity contribution in [3.63, 3.8) is 0 Å². The average Bonchev–Trinajstić information content (AvgIpc) is 2.85. The fourth-order valence-corrected chi connectivity index (χ4v) is 5.28. The Morgan fingerprint density at radius 2 is 1.97 bits per heavy atom. The highest BCUT2D eigenvalue weighted by Gasteiger charge is 2.28. The lowest BCUT2D eigenvalue weighted by molar-refractivity contribution is 0.0768. The number of nitrogens with one attached hydrogen (secondary N) is 1. The molecule has 0 spiro atoms. The number of hydrogen-bond donors (Lipinski definition) is 1. The Kier molecular flexibility index (Phi) is 7.95. The van der Waals surface area contributed by atoms with E-state index in [1.54, 1.807) is 5.57 Å². The fraction of sp³-hybridized carbons (Fsp3) is 0.577. The van der Waals surface area contributed by atoms with Gasteiger partial charge in [0.25, 0.3) is 5.91 Å². The smallest absolute Gasteiger partial charge is 0.256 e. The normalized spacial score (nSPS) is 19.6. The van der Waals surface area contributed by atoms with Gasteiger partial charge in [-0.1, -0.05) is 23.8 Å². The zero-order valence-corrected chi connectivity index (χ0v) is 20.1. The zero-order valence-electron chi connectivity index (χ0n) is 19.3. The Bertz CT molecular complexity index is 886. The summed E-state index contributed by atoms with van der Waals surface area (Å²) in [6, 6.07) is 3.95. The Morgan fingerprint density at radius 3 is 2.69 bits per heavy atom. The summed E-state index contributed by atoms with van der Waals surface area (Å²) in [5.74, 6) is 0.425. The molecule has 0 unspecified atom stereocenters. The quantitative estimate of drug-likeness (QED) is 0.517. The molecule has 0 aromatic carbocycles. The lowest BCUT2D eigenvalue weighted by Gasteiger charge is -2.34. The molecule has 0 bridgehead atoms. The van der Waals surface area contributed by atoms with Gasteiger partial charge in [0.15, 0.2) is 5.11 Å². The first-order valence-electron chi connectivity index (χ1n) is 12.2. The van der Waals surface area contributed by atoms with E-state index in [-0.39, 0.29) is 5.91 Å². The molecular formula is C26H36N4OS. The van der Waals surface area contributed by atoms with Crippen LogP contribution in [0.1, 0.15) is 79.0 Å². The number of aryl methyl sites for hydroxylation is 1. The molecule has 172 valence electrons. The lowest BCUT2D eigenvalue weighted by atomic mass is 9.89. The van der Waals surface area contributed by atoms with E-state index in [2.05, 4.69) is 28.4 Å². The van der Waals surface area contributed by atoms with Crippen LogP contribution >= 0.6 is 12.2 Å². The molecule has 1 amide bonds. The van der Waals surface area contributed by atoms with E-state index in [9.17, 15) is 4.79 Å². The number of nitrogens with zero attached hydrogens (tertiary/aromatic N) is 3. The van der Waals surface area contributed by atoms with Crippen LogP contribution in [0, 0.1) is 6.92 Å². The molecule has 5 nitrogen and oxygen atoms in total. The number of rotatable bonds is 5. The summed E-state index contributed by atoms with van der Waals surface area (Å²) in [5.41, 5.74) is 4.32. The molecule has 1 N–H and O–H groups in total. The van der Waals surface area contributed by atoms with E-state index in [1.165, 1.54) is 25.7 Å². The van der Waals surface area contributed by atoms with Gasteiger partial charge in [0.05, 0.1) is 11.3 Å². The van der Waals surface area contributed by atoms with Gasteiger partial charge in [-0.2, -0.15) is 0 Å². The number of hydrogen-bond acceptors (Lipinski definition) is 3. The second kappa shape index (κ2) is 11.1. The summed E-state index contributed by atoms with van der Waals surface area (Å²) < 4.78 is 0. The van der Waals surface area contributed by atoms with Crippen LogP contribution in [0.15, 0.2) is 35.9 Å². The van der Waals surface area contributed by atoms with Crippen molar-refractivity contribution in [1.29, 1.82) is 0 Å². The van der Waals surface area contributed by atoms with Crippen LogP contribution in [0.4, 0.5) is 0 Å². The van der Waals surface area contributed by atoms with E-state index >= 15 is 0 Å². The van der Waals surface area contributed by atoms with E-state index < -0.39 is 0 Å². The van der Waals surface area contributed by atoms with Crippen molar-refractivity contribution >= 4 is 23.2 Å². The van der Waals surface area contributed by atoms with E-state index in [0.29, 0.717) is 12.5 Å². The highest BCUT2D eigenvalue weighted by atomic mass is 32.1. The molecule has 0 radical (unpaired) electrons. The Hall–Kier alpha value is -2.21. The van der Waals surface area contributed by atoms with Crippen molar-refractivity contribution < 1.29 is 4.79 Å². The van der Waals surface area contributed by atoms with Crippen LogP contribution < -0.4 is 5.32 Å². The highest BCUT2D eigenvalue weighted by molar-refractivity contribution is 7.80. The number of carbonyl (C=O) groups excluding carboxylic acids is 1. The molecule has 4 rings (SSSR count). The standard InChI is InChI=1S/C26H36N4OS/c1-20-10-11-23(25(31)29-16-6-3-7-17-29)24(28-20)22-13-18-30(19-14-22)26(32)27-15-12-21-8-4-2-5-9-21/h3,6,8,10-11,22H,2,4-5,7,9,12-19H2,1H3,(H,27,32). The average molecular weight is 453 g/mol. The molecule has 1 aliphatic carbocycles. The van der Waals surface area contributed by atoms with E-state index in [4.69, 9.17) is 17.2 Å². The first kappa shape index (κ1) is 23.0. The van der Waals surface area contributed by atoms with Gasteiger partial charge in [-0.15, -0.1) is 0 Å². The third-order valence-electron chi connectivity index (χ3n) is 6.92. The third kappa shape index (κ3) is 5.77. The maximum Gasteiger partial charge on any atom is 0.256 e. The topological polar surface area (TPSA) is 48.5 Å². The largest absolute Gasteiger partial charge is 0.362 e.